The lowest BCUT2D eigenvalue weighted by atomic mass is 10.2. The highest BCUT2D eigenvalue weighted by molar-refractivity contribution is 6.29. The summed E-state index contributed by atoms with van der Waals surface area (Å²) in [6.45, 7) is 6.09. The zero-order chi connectivity index (χ0) is 12.3. The number of rotatable bonds is 3. The van der Waals surface area contributed by atoms with Crippen molar-refractivity contribution in [2.45, 2.75) is 6.92 Å². The van der Waals surface area contributed by atoms with Crippen LogP contribution in [-0.2, 0) is 0 Å². The molecule has 0 atom stereocenters. The Bertz CT molecular complexity index is 431. The Kier molecular flexibility index (Phi) is 3.90. The Morgan fingerprint density at radius 2 is 2.31 bits per heavy atom. The maximum absolute atomic E-state index is 12.0. The first kappa shape index (κ1) is 12.5. The third kappa shape index (κ3) is 2.97. The molecule has 1 aromatic heterocycles. The van der Waals surface area contributed by atoms with Crippen LogP contribution in [0, 0.1) is 0 Å². The molecular weight excluding hydrogens is 226 g/mol. The number of aromatic nitrogens is 1. The van der Waals surface area contributed by atoms with Gasteiger partial charge < -0.3 is 10.6 Å². The van der Waals surface area contributed by atoms with Gasteiger partial charge in [-0.05, 0) is 13.0 Å². The molecule has 0 aliphatic carbocycles. The summed E-state index contributed by atoms with van der Waals surface area (Å²) >= 11 is 5.72. The molecule has 0 spiro atoms. The first-order valence-corrected chi connectivity index (χ1v) is 5.10. The lowest BCUT2D eigenvalue weighted by Crippen LogP contribution is -2.28. The van der Waals surface area contributed by atoms with Gasteiger partial charge in [0.05, 0.1) is 17.4 Å². The SMILES string of the molecule is C=C(C)CN(C)C(=O)c1cc(Cl)ncc1N. The first-order valence-electron chi connectivity index (χ1n) is 4.72. The van der Waals surface area contributed by atoms with E-state index in [-0.39, 0.29) is 11.1 Å². The molecule has 1 heterocycles. The topological polar surface area (TPSA) is 59.2 Å². The molecule has 1 amide bonds. The monoisotopic (exact) mass is 239 g/mol. The Labute approximate surface area is 99.7 Å². The van der Waals surface area contributed by atoms with Gasteiger partial charge in [-0.15, -0.1) is 0 Å². The van der Waals surface area contributed by atoms with Crippen LogP contribution in [0.5, 0.6) is 0 Å². The summed E-state index contributed by atoms with van der Waals surface area (Å²) in [4.78, 5) is 17.3. The number of pyridine rings is 1. The van der Waals surface area contributed by atoms with Crippen molar-refractivity contribution in [1.82, 2.24) is 9.88 Å². The minimum atomic E-state index is -0.190. The molecule has 0 aromatic carbocycles. The van der Waals surface area contributed by atoms with Crippen molar-refractivity contribution >= 4 is 23.2 Å². The first-order chi connectivity index (χ1) is 7.41. The van der Waals surface area contributed by atoms with E-state index in [4.69, 9.17) is 17.3 Å². The molecule has 0 bridgehead atoms. The van der Waals surface area contributed by atoms with Gasteiger partial charge in [0.1, 0.15) is 5.15 Å². The van der Waals surface area contributed by atoms with Crippen LogP contribution in [0.25, 0.3) is 0 Å². The summed E-state index contributed by atoms with van der Waals surface area (Å²) in [5.74, 6) is -0.190. The molecule has 4 nitrogen and oxygen atoms in total. The number of hydrogen-bond donors (Lipinski definition) is 1. The number of halogens is 1. The molecule has 0 fully saturated rings. The standard InChI is InChI=1S/C11H14ClN3O/c1-7(2)6-15(3)11(16)8-4-10(12)14-5-9(8)13/h4-5H,1,6,13H2,2-3H3. The number of hydrogen-bond acceptors (Lipinski definition) is 3. The highest BCUT2D eigenvalue weighted by Gasteiger charge is 2.15. The minimum Gasteiger partial charge on any atom is -0.397 e. The van der Waals surface area contributed by atoms with Gasteiger partial charge in [-0.1, -0.05) is 23.8 Å². The van der Waals surface area contributed by atoms with Gasteiger partial charge >= 0.3 is 0 Å². The van der Waals surface area contributed by atoms with E-state index in [0.29, 0.717) is 17.8 Å². The van der Waals surface area contributed by atoms with Gasteiger partial charge in [0, 0.05) is 13.6 Å². The third-order valence-electron chi connectivity index (χ3n) is 1.99. The molecule has 0 saturated carbocycles. The largest absolute Gasteiger partial charge is 0.397 e. The number of anilines is 1. The van der Waals surface area contributed by atoms with Crippen LogP contribution in [0.1, 0.15) is 17.3 Å². The van der Waals surface area contributed by atoms with Crippen LogP contribution in [0.3, 0.4) is 0 Å². The van der Waals surface area contributed by atoms with E-state index in [0.717, 1.165) is 5.57 Å². The van der Waals surface area contributed by atoms with Gasteiger partial charge in [-0.3, -0.25) is 4.79 Å². The second-order valence-electron chi connectivity index (χ2n) is 3.71. The van der Waals surface area contributed by atoms with Crippen molar-refractivity contribution in [2.24, 2.45) is 0 Å². The average Bonchev–Trinajstić information content (AvgIpc) is 2.19. The molecule has 0 aliphatic rings. The van der Waals surface area contributed by atoms with E-state index in [2.05, 4.69) is 11.6 Å². The van der Waals surface area contributed by atoms with Crippen LogP contribution in [-0.4, -0.2) is 29.4 Å². The smallest absolute Gasteiger partial charge is 0.256 e. The van der Waals surface area contributed by atoms with Gasteiger partial charge in [0.25, 0.3) is 5.91 Å². The number of nitrogen functional groups attached to an aromatic ring is 1. The van der Waals surface area contributed by atoms with Crippen LogP contribution in [0.15, 0.2) is 24.4 Å². The average molecular weight is 240 g/mol. The van der Waals surface area contributed by atoms with Gasteiger partial charge in [-0.2, -0.15) is 0 Å². The molecular formula is C11H14ClN3O. The lowest BCUT2D eigenvalue weighted by Gasteiger charge is -2.18. The predicted molar refractivity (Wildman–Crippen MR) is 65.4 cm³/mol. The molecule has 5 heteroatoms. The summed E-state index contributed by atoms with van der Waals surface area (Å²) in [5.41, 5.74) is 7.25. The Morgan fingerprint density at radius 1 is 1.69 bits per heavy atom. The molecule has 1 aromatic rings. The Morgan fingerprint density at radius 3 is 2.88 bits per heavy atom. The maximum atomic E-state index is 12.0. The summed E-state index contributed by atoms with van der Waals surface area (Å²) in [6, 6.07) is 1.47. The molecule has 1 rings (SSSR count). The van der Waals surface area contributed by atoms with Crippen LogP contribution < -0.4 is 5.73 Å². The number of carbonyl (C=O) groups is 1. The molecule has 0 radical (unpaired) electrons. The second kappa shape index (κ2) is 4.99. The van der Waals surface area contributed by atoms with Crippen molar-refractivity contribution in [2.75, 3.05) is 19.3 Å². The van der Waals surface area contributed by atoms with E-state index in [9.17, 15) is 4.79 Å². The fourth-order valence-electron chi connectivity index (χ4n) is 1.31. The van der Waals surface area contributed by atoms with E-state index in [1.807, 2.05) is 6.92 Å². The van der Waals surface area contributed by atoms with Crippen molar-refractivity contribution < 1.29 is 4.79 Å². The Balaban J connectivity index is 2.95. The van der Waals surface area contributed by atoms with Crippen LogP contribution >= 0.6 is 11.6 Å². The predicted octanol–water partition coefficient (Wildman–Crippen LogP) is 1.97. The number of nitrogens with zero attached hydrogens (tertiary/aromatic N) is 2. The summed E-state index contributed by atoms with van der Waals surface area (Å²) in [7, 11) is 1.69. The molecule has 86 valence electrons. The summed E-state index contributed by atoms with van der Waals surface area (Å²) in [5, 5.41) is 0.251. The Hall–Kier alpha value is -1.55. The molecule has 0 saturated heterocycles. The van der Waals surface area contributed by atoms with Gasteiger partial charge in [0.15, 0.2) is 0 Å². The van der Waals surface area contributed by atoms with E-state index < -0.39 is 0 Å². The zero-order valence-electron chi connectivity index (χ0n) is 9.33. The number of nitrogens with two attached hydrogens (primary N) is 1. The normalized spacial score (nSPS) is 9.94. The van der Waals surface area contributed by atoms with Gasteiger partial charge in [0.2, 0.25) is 0 Å². The van der Waals surface area contributed by atoms with Crippen molar-refractivity contribution in [1.29, 1.82) is 0 Å². The quantitative estimate of drug-likeness (QED) is 0.648. The maximum Gasteiger partial charge on any atom is 0.256 e. The molecule has 0 aliphatic heterocycles. The van der Waals surface area contributed by atoms with Crippen LogP contribution in [0.2, 0.25) is 5.15 Å². The second-order valence-corrected chi connectivity index (χ2v) is 4.10. The highest BCUT2D eigenvalue weighted by atomic mass is 35.5. The number of likely N-dealkylation sites (N-methyl/N-ethyl adjacent to an activating group) is 1. The molecule has 2 N–H and O–H groups in total. The van der Waals surface area contributed by atoms with Crippen LogP contribution in [0.4, 0.5) is 5.69 Å². The van der Waals surface area contributed by atoms with Crippen molar-refractivity contribution in [3.05, 3.63) is 35.1 Å². The van der Waals surface area contributed by atoms with E-state index in [1.54, 1.807) is 7.05 Å². The molecule has 16 heavy (non-hydrogen) atoms. The number of carbonyl (C=O) groups excluding carboxylic acids is 1. The fourth-order valence-corrected chi connectivity index (χ4v) is 1.47. The van der Waals surface area contributed by atoms with Gasteiger partial charge in [-0.25, -0.2) is 4.98 Å². The third-order valence-corrected chi connectivity index (χ3v) is 2.19. The number of amides is 1. The van der Waals surface area contributed by atoms with Crippen molar-refractivity contribution in [3.63, 3.8) is 0 Å². The minimum absolute atomic E-state index is 0.190. The highest BCUT2D eigenvalue weighted by Crippen LogP contribution is 2.16. The summed E-state index contributed by atoms with van der Waals surface area (Å²) < 4.78 is 0. The lowest BCUT2D eigenvalue weighted by molar-refractivity contribution is 0.0808. The summed E-state index contributed by atoms with van der Waals surface area (Å²) in [6.07, 6.45) is 1.38. The van der Waals surface area contributed by atoms with E-state index in [1.165, 1.54) is 17.2 Å². The molecule has 0 unspecified atom stereocenters. The van der Waals surface area contributed by atoms with E-state index >= 15 is 0 Å². The fraction of sp³-hybridized carbons (Fsp3) is 0.273. The van der Waals surface area contributed by atoms with Crippen molar-refractivity contribution in [3.8, 4) is 0 Å². The zero-order valence-corrected chi connectivity index (χ0v) is 10.1.